The molecule has 2 aromatic carbocycles. The number of nitrogens with one attached hydrogen (secondary N) is 1. The van der Waals surface area contributed by atoms with Crippen LogP contribution in [0.1, 0.15) is 22.0 Å². The molecule has 1 unspecified atom stereocenters. The van der Waals surface area contributed by atoms with Crippen LogP contribution in [0.3, 0.4) is 0 Å². The van der Waals surface area contributed by atoms with Gasteiger partial charge >= 0.3 is 5.97 Å². The third-order valence-electron chi connectivity index (χ3n) is 4.91. The second-order valence-electron chi connectivity index (χ2n) is 6.94. The van der Waals surface area contributed by atoms with Crippen LogP contribution in [-0.4, -0.2) is 53.2 Å². The Balaban J connectivity index is 1.92. The van der Waals surface area contributed by atoms with Gasteiger partial charge in [-0.05, 0) is 28.1 Å². The van der Waals surface area contributed by atoms with Gasteiger partial charge in [-0.15, -0.1) is 0 Å². The lowest BCUT2D eigenvalue weighted by Crippen LogP contribution is -2.33. The van der Waals surface area contributed by atoms with E-state index in [0.717, 1.165) is 11.3 Å². The number of fused-ring (bicyclic) bond motifs is 1. The fourth-order valence-electron chi connectivity index (χ4n) is 3.40. The maximum Gasteiger partial charge on any atom is 0.355 e. The van der Waals surface area contributed by atoms with E-state index in [1.807, 2.05) is 49.3 Å². The molecule has 9 heteroatoms. The van der Waals surface area contributed by atoms with Crippen molar-refractivity contribution in [2.75, 3.05) is 31.4 Å². The molecule has 1 aromatic heterocycles. The van der Waals surface area contributed by atoms with Crippen LogP contribution in [0, 0.1) is 0 Å². The Morgan fingerprint density at radius 2 is 1.77 bits per heavy atom. The SMILES string of the molecule is COC(=O)C1=C(C(=O)c2ccccc2)C(c2ccc(N(C)C)cc2)n2nnnc2N1. The minimum atomic E-state index is -0.700. The highest BCUT2D eigenvalue weighted by atomic mass is 16.5. The molecule has 1 N–H and O–H groups in total. The molecule has 2 heterocycles. The summed E-state index contributed by atoms with van der Waals surface area (Å²) in [5.74, 6) is -0.730. The van der Waals surface area contributed by atoms with Crippen LogP contribution in [0.2, 0.25) is 0 Å². The Kier molecular flexibility index (Phi) is 5.01. The molecule has 0 saturated carbocycles. The van der Waals surface area contributed by atoms with Crippen molar-refractivity contribution < 1.29 is 14.3 Å². The highest BCUT2D eigenvalue weighted by Crippen LogP contribution is 2.37. The number of ether oxygens (including phenoxy) is 1. The number of benzene rings is 2. The summed E-state index contributed by atoms with van der Waals surface area (Å²) in [7, 11) is 5.15. The monoisotopic (exact) mass is 404 g/mol. The molecule has 0 aliphatic carbocycles. The van der Waals surface area contributed by atoms with Crippen LogP contribution in [0.5, 0.6) is 0 Å². The number of aromatic nitrogens is 4. The van der Waals surface area contributed by atoms with Crippen LogP contribution in [0.4, 0.5) is 11.6 Å². The third kappa shape index (κ3) is 3.30. The van der Waals surface area contributed by atoms with Gasteiger partial charge in [-0.3, -0.25) is 4.79 Å². The lowest BCUT2D eigenvalue weighted by Gasteiger charge is -2.28. The molecule has 0 spiro atoms. The van der Waals surface area contributed by atoms with E-state index < -0.39 is 12.0 Å². The summed E-state index contributed by atoms with van der Waals surface area (Å²) in [4.78, 5) is 28.1. The summed E-state index contributed by atoms with van der Waals surface area (Å²) in [6.07, 6.45) is 0. The molecule has 0 saturated heterocycles. The number of tetrazole rings is 1. The second kappa shape index (κ2) is 7.78. The maximum atomic E-state index is 13.5. The van der Waals surface area contributed by atoms with Crippen LogP contribution in [0.25, 0.3) is 0 Å². The summed E-state index contributed by atoms with van der Waals surface area (Å²) in [6.45, 7) is 0. The summed E-state index contributed by atoms with van der Waals surface area (Å²) in [5.41, 5.74) is 2.44. The van der Waals surface area contributed by atoms with Crippen molar-refractivity contribution >= 4 is 23.4 Å². The highest BCUT2D eigenvalue weighted by molar-refractivity contribution is 6.14. The largest absolute Gasteiger partial charge is 0.464 e. The molecule has 0 bridgehead atoms. The average Bonchev–Trinajstić information content (AvgIpc) is 3.26. The van der Waals surface area contributed by atoms with Crippen LogP contribution in [0.15, 0.2) is 65.9 Å². The summed E-state index contributed by atoms with van der Waals surface area (Å²) in [5, 5.41) is 14.6. The lowest BCUT2D eigenvalue weighted by molar-refractivity contribution is -0.136. The van der Waals surface area contributed by atoms with Crippen molar-refractivity contribution in [3.05, 3.63) is 77.0 Å². The zero-order valence-electron chi connectivity index (χ0n) is 16.7. The number of Topliss-reactive ketones (excluding diaryl/α,β-unsaturated/α-hetero) is 1. The average molecular weight is 404 g/mol. The van der Waals surface area contributed by atoms with Crippen LogP contribution in [-0.2, 0) is 9.53 Å². The van der Waals surface area contributed by atoms with Crippen molar-refractivity contribution in [3.63, 3.8) is 0 Å². The standard InChI is InChI=1S/C21H20N6O3/c1-26(2)15-11-9-13(10-12-15)18-16(19(28)14-7-5-4-6-8-14)17(20(29)30-3)22-21-23-24-25-27(18)21/h4-12,18H,1-3H3,(H,22,23,25). The minimum Gasteiger partial charge on any atom is -0.464 e. The van der Waals surface area contributed by atoms with E-state index in [0.29, 0.717) is 5.56 Å². The molecule has 0 fully saturated rings. The minimum absolute atomic E-state index is 0.0235. The number of ketones is 1. The highest BCUT2D eigenvalue weighted by Gasteiger charge is 2.38. The van der Waals surface area contributed by atoms with Crippen LogP contribution >= 0.6 is 0 Å². The van der Waals surface area contributed by atoms with Gasteiger partial charge in [0.15, 0.2) is 5.78 Å². The molecular weight excluding hydrogens is 384 g/mol. The van der Waals surface area contributed by atoms with E-state index in [1.54, 1.807) is 24.3 Å². The first kappa shape index (κ1) is 19.3. The van der Waals surface area contributed by atoms with E-state index in [4.69, 9.17) is 4.74 Å². The van der Waals surface area contributed by atoms with Gasteiger partial charge in [0, 0.05) is 25.3 Å². The normalized spacial score (nSPS) is 15.2. The van der Waals surface area contributed by atoms with E-state index in [1.165, 1.54) is 11.8 Å². The van der Waals surface area contributed by atoms with E-state index in [-0.39, 0.29) is 23.0 Å². The van der Waals surface area contributed by atoms with E-state index in [2.05, 4.69) is 20.8 Å². The number of allylic oxidation sites excluding steroid dienone is 1. The van der Waals surface area contributed by atoms with E-state index >= 15 is 0 Å². The predicted octanol–water partition coefficient (Wildman–Crippen LogP) is 2.06. The number of nitrogens with zero attached hydrogens (tertiary/aromatic N) is 5. The molecule has 0 radical (unpaired) electrons. The summed E-state index contributed by atoms with van der Waals surface area (Å²) >= 11 is 0. The van der Waals surface area contributed by atoms with Crippen molar-refractivity contribution in [3.8, 4) is 0 Å². The van der Waals surface area contributed by atoms with Crippen molar-refractivity contribution in [1.82, 2.24) is 20.2 Å². The topological polar surface area (TPSA) is 102 Å². The predicted molar refractivity (Wildman–Crippen MR) is 110 cm³/mol. The number of hydrogen-bond acceptors (Lipinski definition) is 8. The quantitative estimate of drug-likeness (QED) is 0.509. The zero-order chi connectivity index (χ0) is 21.3. The molecular formula is C21H20N6O3. The van der Waals surface area contributed by atoms with Crippen molar-refractivity contribution in [2.45, 2.75) is 6.04 Å². The molecule has 9 nitrogen and oxygen atoms in total. The number of hydrogen-bond donors (Lipinski definition) is 1. The van der Waals surface area contributed by atoms with Gasteiger partial charge in [0.1, 0.15) is 11.7 Å². The van der Waals surface area contributed by atoms with E-state index in [9.17, 15) is 9.59 Å². The van der Waals surface area contributed by atoms with Crippen molar-refractivity contribution in [2.24, 2.45) is 0 Å². The molecule has 1 aliphatic rings. The molecule has 152 valence electrons. The molecule has 4 rings (SSSR count). The third-order valence-corrected chi connectivity index (χ3v) is 4.91. The Labute approximate surface area is 172 Å². The number of rotatable bonds is 5. The first-order valence-electron chi connectivity index (χ1n) is 9.25. The first-order chi connectivity index (χ1) is 14.5. The number of anilines is 2. The van der Waals surface area contributed by atoms with Gasteiger partial charge in [0.05, 0.1) is 12.7 Å². The number of esters is 1. The molecule has 3 aromatic rings. The van der Waals surface area contributed by atoms with Crippen LogP contribution < -0.4 is 10.2 Å². The maximum absolute atomic E-state index is 13.5. The smallest absolute Gasteiger partial charge is 0.355 e. The summed E-state index contributed by atoms with van der Waals surface area (Å²) < 4.78 is 6.43. The van der Waals surface area contributed by atoms with Gasteiger partial charge in [-0.2, -0.15) is 4.68 Å². The van der Waals surface area contributed by atoms with Gasteiger partial charge < -0.3 is 15.0 Å². The Hall–Kier alpha value is -4.01. The zero-order valence-corrected chi connectivity index (χ0v) is 16.7. The number of carbonyl (C=O) groups is 2. The Morgan fingerprint density at radius 1 is 1.07 bits per heavy atom. The first-order valence-corrected chi connectivity index (χ1v) is 9.25. The fraction of sp³-hybridized carbons (Fsp3) is 0.190. The molecule has 30 heavy (non-hydrogen) atoms. The number of methoxy groups -OCH3 is 1. The Morgan fingerprint density at radius 3 is 2.40 bits per heavy atom. The molecule has 1 atom stereocenters. The number of carbonyl (C=O) groups excluding carboxylic acids is 2. The van der Waals surface area contributed by atoms with Gasteiger partial charge in [-0.25, -0.2) is 4.79 Å². The Bertz CT molecular complexity index is 1120. The van der Waals surface area contributed by atoms with Gasteiger partial charge in [-0.1, -0.05) is 47.6 Å². The molecule has 1 aliphatic heterocycles. The lowest BCUT2D eigenvalue weighted by atomic mass is 9.89. The molecule has 0 amide bonds. The van der Waals surface area contributed by atoms with Crippen molar-refractivity contribution in [1.29, 1.82) is 0 Å². The second-order valence-corrected chi connectivity index (χ2v) is 6.94. The summed E-state index contributed by atoms with van der Waals surface area (Å²) in [6, 6.07) is 15.7. The van der Waals surface area contributed by atoms with Gasteiger partial charge in [0.2, 0.25) is 5.95 Å². The van der Waals surface area contributed by atoms with Gasteiger partial charge in [0.25, 0.3) is 0 Å². The fourth-order valence-corrected chi connectivity index (χ4v) is 3.40.